The summed E-state index contributed by atoms with van der Waals surface area (Å²) >= 11 is 0. The summed E-state index contributed by atoms with van der Waals surface area (Å²) in [7, 11) is 0. The average Bonchev–Trinajstić information content (AvgIpc) is 3.36. The largest absolute Gasteiger partial charge is 0.370 e. The smallest absolute Gasteiger partial charge is 0.322 e. The highest BCUT2D eigenvalue weighted by atomic mass is 19.1. The number of hydrogen-bond acceptors (Lipinski definition) is 4. The number of rotatable bonds is 3. The lowest BCUT2D eigenvalue weighted by Gasteiger charge is -2.39. The van der Waals surface area contributed by atoms with Crippen LogP contribution in [0.25, 0.3) is 0 Å². The molecule has 1 fully saturated rings. The van der Waals surface area contributed by atoms with Crippen LogP contribution < -0.4 is 11.1 Å². The number of ether oxygens (including phenoxy) is 1. The average molecular weight is 440 g/mol. The Kier molecular flexibility index (Phi) is 5.67. The topological polar surface area (TPSA) is 70.8 Å². The summed E-state index contributed by atoms with van der Waals surface area (Å²) in [5.74, 6) is -0.999. The molecular weight excluding hydrogens is 414 g/mol. The van der Waals surface area contributed by atoms with Crippen LogP contribution in [-0.2, 0) is 4.74 Å². The molecule has 0 saturated carbocycles. The fraction of sp³-hybridized carbons (Fsp3) is 0.375. The van der Waals surface area contributed by atoms with Gasteiger partial charge in [-0.3, -0.25) is 4.90 Å². The minimum absolute atomic E-state index is 0.0971. The zero-order chi connectivity index (χ0) is 22.2. The Hall–Kier alpha value is -2.81. The van der Waals surface area contributed by atoms with Crippen molar-refractivity contribution < 1.29 is 18.3 Å². The van der Waals surface area contributed by atoms with E-state index in [1.165, 1.54) is 17.2 Å². The lowest BCUT2D eigenvalue weighted by molar-refractivity contribution is -0.0468. The minimum Gasteiger partial charge on any atom is -0.370 e. The van der Waals surface area contributed by atoms with Gasteiger partial charge in [0.15, 0.2) is 0 Å². The van der Waals surface area contributed by atoms with Crippen molar-refractivity contribution in [3.63, 3.8) is 0 Å². The van der Waals surface area contributed by atoms with Gasteiger partial charge in [0.2, 0.25) is 0 Å². The van der Waals surface area contributed by atoms with Crippen LogP contribution in [0.1, 0.15) is 18.1 Å². The molecule has 168 valence electrons. The Labute approximate surface area is 185 Å². The maximum Gasteiger partial charge on any atom is 0.322 e. The van der Waals surface area contributed by atoms with Crippen LogP contribution in [0.15, 0.2) is 59.7 Å². The first-order valence-corrected chi connectivity index (χ1v) is 10.8. The van der Waals surface area contributed by atoms with Crippen molar-refractivity contribution in [3.05, 3.63) is 76.9 Å². The van der Waals surface area contributed by atoms with Crippen molar-refractivity contribution in [1.29, 1.82) is 0 Å². The van der Waals surface area contributed by atoms with Gasteiger partial charge in [-0.2, -0.15) is 0 Å². The van der Waals surface area contributed by atoms with Crippen molar-refractivity contribution in [2.75, 3.05) is 38.1 Å². The predicted octanol–water partition coefficient (Wildman–Crippen LogP) is 3.28. The summed E-state index contributed by atoms with van der Waals surface area (Å²) in [5, 5.41) is 2.94. The van der Waals surface area contributed by atoms with E-state index in [1.807, 2.05) is 35.2 Å². The van der Waals surface area contributed by atoms with Crippen molar-refractivity contribution in [2.45, 2.75) is 24.6 Å². The van der Waals surface area contributed by atoms with Crippen molar-refractivity contribution in [1.82, 2.24) is 9.80 Å². The normalized spacial score (nSPS) is 25.8. The lowest BCUT2D eigenvalue weighted by atomic mass is 9.93. The van der Waals surface area contributed by atoms with Crippen LogP contribution in [0.3, 0.4) is 0 Å². The van der Waals surface area contributed by atoms with E-state index >= 15 is 0 Å². The van der Waals surface area contributed by atoms with Gasteiger partial charge in [-0.05, 0) is 47.9 Å². The molecule has 0 aliphatic carbocycles. The second kappa shape index (κ2) is 8.61. The fourth-order valence-electron chi connectivity index (χ4n) is 4.89. The maximum atomic E-state index is 14.2. The molecule has 3 aliphatic heterocycles. The number of nitrogens with two attached hydrogens (primary N) is 1. The first kappa shape index (κ1) is 21.1. The standard InChI is InChI=1S/C24H26F2N4O2/c25-17-6-7-21(26)20(8-17)23-22(27)9-19(14-32-23)29-10-15-12-30(13-16(15)11-29)24(31)28-18-4-2-1-3-5-18/h1-8,19,22-23H,9-14,27H2,(H,28,31)/t19-,22+,23-/m1/s1. The molecule has 2 aromatic rings. The highest BCUT2D eigenvalue weighted by molar-refractivity contribution is 5.90. The highest BCUT2D eigenvalue weighted by Gasteiger charge is 2.39. The molecule has 2 aromatic carbocycles. The van der Waals surface area contributed by atoms with E-state index in [2.05, 4.69) is 10.2 Å². The third-order valence-corrected chi connectivity index (χ3v) is 6.55. The molecule has 3 N–H and O–H groups in total. The predicted molar refractivity (Wildman–Crippen MR) is 117 cm³/mol. The summed E-state index contributed by atoms with van der Waals surface area (Å²) in [6, 6.07) is 12.4. The molecule has 32 heavy (non-hydrogen) atoms. The highest BCUT2D eigenvalue weighted by Crippen LogP contribution is 2.34. The van der Waals surface area contributed by atoms with Gasteiger partial charge in [0.05, 0.1) is 6.61 Å². The van der Waals surface area contributed by atoms with Gasteiger partial charge in [-0.15, -0.1) is 0 Å². The van der Waals surface area contributed by atoms with Crippen LogP contribution >= 0.6 is 0 Å². The van der Waals surface area contributed by atoms with E-state index in [1.54, 1.807) is 0 Å². The number of amides is 2. The van der Waals surface area contributed by atoms with Crippen LogP contribution in [0.2, 0.25) is 0 Å². The van der Waals surface area contributed by atoms with Crippen molar-refractivity contribution in [2.24, 2.45) is 5.73 Å². The molecule has 0 bridgehead atoms. The van der Waals surface area contributed by atoms with E-state index in [0.717, 1.165) is 30.9 Å². The maximum absolute atomic E-state index is 14.2. The second-order valence-corrected chi connectivity index (χ2v) is 8.74. The van der Waals surface area contributed by atoms with Crippen LogP contribution in [0, 0.1) is 11.6 Å². The fourth-order valence-corrected chi connectivity index (χ4v) is 4.89. The number of carbonyl (C=O) groups is 1. The second-order valence-electron chi connectivity index (χ2n) is 8.74. The number of para-hydroxylation sites is 1. The number of benzene rings is 2. The number of nitrogens with zero attached hydrogens (tertiary/aromatic N) is 2. The molecular formula is C24H26F2N4O2. The molecule has 3 heterocycles. The first-order valence-electron chi connectivity index (χ1n) is 10.8. The van der Waals surface area contributed by atoms with Crippen molar-refractivity contribution >= 4 is 11.7 Å². The molecule has 0 unspecified atom stereocenters. The van der Waals surface area contributed by atoms with Gasteiger partial charge < -0.3 is 20.7 Å². The van der Waals surface area contributed by atoms with Crippen LogP contribution in [0.5, 0.6) is 0 Å². The van der Waals surface area contributed by atoms with Gasteiger partial charge in [0, 0.05) is 49.5 Å². The van der Waals surface area contributed by atoms with Gasteiger partial charge in [0.25, 0.3) is 0 Å². The van der Waals surface area contributed by atoms with E-state index in [-0.39, 0.29) is 17.6 Å². The summed E-state index contributed by atoms with van der Waals surface area (Å²) < 4.78 is 33.7. The number of nitrogens with one attached hydrogen (secondary N) is 1. The molecule has 0 radical (unpaired) electrons. The van der Waals surface area contributed by atoms with Gasteiger partial charge in [-0.25, -0.2) is 13.6 Å². The zero-order valence-corrected chi connectivity index (χ0v) is 17.6. The first-order chi connectivity index (χ1) is 15.5. The number of halogens is 2. The Morgan fingerprint density at radius 2 is 1.75 bits per heavy atom. The molecule has 6 nitrogen and oxygen atoms in total. The minimum atomic E-state index is -0.651. The monoisotopic (exact) mass is 440 g/mol. The summed E-state index contributed by atoms with van der Waals surface area (Å²) in [4.78, 5) is 16.7. The summed E-state index contributed by atoms with van der Waals surface area (Å²) in [6.45, 7) is 3.17. The number of urea groups is 1. The molecule has 1 saturated heterocycles. The van der Waals surface area contributed by atoms with E-state index < -0.39 is 23.8 Å². The van der Waals surface area contributed by atoms with E-state index in [9.17, 15) is 13.6 Å². The quantitative estimate of drug-likeness (QED) is 0.719. The number of anilines is 1. The Balaban J connectivity index is 1.15. The van der Waals surface area contributed by atoms with Gasteiger partial charge in [-0.1, -0.05) is 18.2 Å². The summed E-state index contributed by atoms with van der Waals surface area (Å²) in [6.07, 6.45) is -0.0131. The molecule has 0 spiro atoms. The van der Waals surface area contributed by atoms with Crippen molar-refractivity contribution in [3.8, 4) is 0 Å². The molecule has 8 heteroatoms. The number of hydrogen-bond donors (Lipinski definition) is 2. The Bertz CT molecular complexity index is 1030. The SMILES string of the molecule is N[C@H]1C[C@@H](N2CC3=C(CN(C(=O)Nc4ccccc4)C3)C2)CO[C@@H]1c1cc(F)ccc1F. The van der Waals surface area contributed by atoms with Crippen LogP contribution in [-0.4, -0.2) is 60.7 Å². The molecule has 2 amide bonds. The van der Waals surface area contributed by atoms with E-state index in [0.29, 0.717) is 26.1 Å². The van der Waals surface area contributed by atoms with Gasteiger partial charge in [0.1, 0.15) is 17.7 Å². The lowest BCUT2D eigenvalue weighted by Crippen LogP contribution is -2.49. The van der Waals surface area contributed by atoms with E-state index in [4.69, 9.17) is 10.5 Å². The van der Waals surface area contributed by atoms with Gasteiger partial charge >= 0.3 is 6.03 Å². The Morgan fingerprint density at radius 3 is 2.44 bits per heavy atom. The Morgan fingerprint density at radius 1 is 1.03 bits per heavy atom. The zero-order valence-electron chi connectivity index (χ0n) is 17.6. The molecule has 3 aliphatic rings. The third kappa shape index (κ3) is 4.13. The molecule has 0 aromatic heterocycles. The molecule has 5 rings (SSSR count). The third-order valence-electron chi connectivity index (χ3n) is 6.55. The number of carbonyl (C=O) groups excluding carboxylic acids is 1. The summed E-state index contributed by atoms with van der Waals surface area (Å²) in [5.41, 5.74) is 9.81. The molecule has 3 atom stereocenters. The van der Waals surface area contributed by atoms with Crippen LogP contribution in [0.4, 0.5) is 19.3 Å².